The molecule has 0 aromatic carbocycles. The molecule has 1 rings (SSSR count). The fraction of sp³-hybridized carbons (Fsp3) is 0.400. The zero-order valence-electron chi connectivity index (χ0n) is 8.68. The third kappa shape index (κ3) is 3.55. The number of aliphatic hydroxyl groups is 1. The lowest BCUT2D eigenvalue weighted by Gasteiger charge is -2.19. The van der Waals surface area contributed by atoms with Crippen molar-refractivity contribution in [3.63, 3.8) is 0 Å². The molecule has 0 aliphatic carbocycles. The van der Waals surface area contributed by atoms with Crippen molar-refractivity contribution in [3.05, 3.63) is 24.5 Å². The molecule has 0 unspecified atom stereocenters. The summed E-state index contributed by atoms with van der Waals surface area (Å²) in [6.45, 7) is 2.72. The minimum absolute atomic E-state index is 0.0334. The van der Waals surface area contributed by atoms with Gasteiger partial charge < -0.3 is 15.3 Å². The van der Waals surface area contributed by atoms with Gasteiger partial charge >= 0.3 is 6.03 Å². The van der Waals surface area contributed by atoms with Gasteiger partial charge in [0.25, 0.3) is 0 Å². The number of carbonyl (C=O) groups is 1. The lowest BCUT2D eigenvalue weighted by molar-refractivity contribution is 0.192. The number of aliphatic hydroxyl groups excluding tert-OH is 1. The van der Waals surface area contributed by atoms with Crippen LogP contribution in [-0.4, -0.2) is 40.7 Å². The lowest BCUT2D eigenvalue weighted by atomic mass is 10.4. The lowest BCUT2D eigenvalue weighted by Crippen LogP contribution is -2.36. The van der Waals surface area contributed by atoms with Crippen molar-refractivity contribution in [1.82, 2.24) is 9.88 Å². The standard InChI is InChI=1S/C10H15N3O2/c1-2-13(6-7-14)10(15)12-9-4-3-5-11-8-9/h3-5,8,14H,2,6-7H2,1H3,(H,12,15). The molecule has 5 heteroatoms. The van der Waals surface area contributed by atoms with Gasteiger partial charge in [-0.05, 0) is 19.1 Å². The molecule has 0 saturated heterocycles. The van der Waals surface area contributed by atoms with E-state index in [0.29, 0.717) is 18.8 Å². The molecule has 0 radical (unpaired) electrons. The van der Waals surface area contributed by atoms with E-state index in [9.17, 15) is 4.79 Å². The van der Waals surface area contributed by atoms with Crippen molar-refractivity contribution in [3.8, 4) is 0 Å². The first-order valence-corrected chi connectivity index (χ1v) is 4.84. The number of hydrogen-bond donors (Lipinski definition) is 2. The van der Waals surface area contributed by atoms with Crippen molar-refractivity contribution in [2.75, 3.05) is 25.0 Å². The van der Waals surface area contributed by atoms with Gasteiger partial charge in [-0.2, -0.15) is 0 Å². The topological polar surface area (TPSA) is 65.5 Å². The highest BCUT2D eigenvalue weighted by Gasteiger charge is 2.10. The van der Waals surface area contributed by atoms with Crippen LogP contribution in [0, 0.1) is 0 Å². The maximum absolute atomic E-state index is 11.6. The predicted molar refractivity (Wildman–Crippen MR) is 57.6 cm³/mol. The third-order valence-electron chi connectivity index (χ3n) is 1.95. The van der Waals surface area contributed by atoms with Gasteiger partial charge in [0.1, 0.15) is 0 Å². The Labute approximate surface area is 88.7 Å². The molecule has 1 heterocycles. The van der Waals surface area contributed by atoms with Gasteiger partial charge in [0.05, 0.1) is 18.5 Å². The number of rotatable bonds is 4. The van der Waals surface area contributed by atoms with Crippen molar-refractivity contribution >= 4 is 11.7 Å². The minimum atomic E-state index is -0.223. The van der Waals surface area contributed by atoms with Gasteiger partial charge in [0.15, 0.2) is 0 Å². The first-order chi connectivity index (χ1) is 7.27. The Balaban J connectivity index is 2.54. The molecule has 0 atom stereocenters. The zero-order chi connectivity index (χ0) is 11.1. The van der Waals surface area contributed by atoms with Crippen LogP contribution in [0.25, 0.3) is 0 Å². The second-order valence-electron chi connectivity index (χ2n) is 2.98. The van der Waals surface area contributed by atoms with E-state index < -0.39 is 0 Å². The van der Waals surface area contributed by atoms with Crippen molar-refractivity contribution in [2.24, 2.45) is 0 Å². The Morgan fingerprint density at radius 3 is 3.00 bits per heavy atom. The summed E-state index contributed by atoms with van der Waals surface area (Å²) in [5.74, 6) is 0. The smallest absolute Gasteiger partial charge is 0.321 e. The highest BCUT2D eigenvalue weighted by molar-refractivity contribution is 5.89. The van der Waals surface area contributed by atoms with E-state index in [2.05, 4.69) is 10.3 Å². The van der Waals surface area contributed by atoms with E-state index in [1.54, 1.807) is 24.5 Å². The molecule has 0 aliphatic heterocycles. The molecule has 0 aliphatic rings. The summed E-state index contributed by atoms with van der Waals surface area (Å²) < 4.78 is 0. The second kappa shape index (κ2) is 5.98. The maximum Gasteiger partial charge on any atom is 0.321 e. The molecule has 1 aromatic rings. The summed E-state index contributed by atoms with van der Waals surface area (Å²) in [4.78, 5) is 17.0. The minimum Gasteiger partial charge on any atom is -0.395 e. The normalized spacial score (nSPS) is 9.73. The Morgan fingerprint density at radius 1 is 1.67 bits per heavy atom. The quantitative estimate of drug-likeness (QED) is 0.775. The highest BCUT2D eigenvalue weighted by atomic mass is 16.3. The van der Waals surface area contributed by atoms with Crippen molar-refractivity contribution in [1.29, 1.82) is 0 Å². The van der Waals surface area contributed by atoms with Gasteiger partial charge in [-0.3, -0.25) is 4.98 Å². The molecule has 0 spiro atoms. The fourth-order valence-electron chi connectivity index (χ4n) is 1.16. The van der Waals surface area contributed by atoms with E-state index in [4.69, 9.17) is 5.11 Å². The molecule has 0 saturated carbocycles. The Hall–Kier alpha value is -1.62. The molecular weight excluding hydrogens is 194 g/mol. The van der Waals surface area contributed by atoms with Crippen molar-refractivity contribution < 1.29 is 9.90 Å². The van der Waals surface area contributed by atoms with E-state index in [0.717, 1.165) is 0 Å². The van der Waals surface area contributed by atoms with Crippen LogP contribution in [0.5, 0.6) is 0 Å². The van der Waals surface area contributed by atoms with Crippen LogP contribution >= 0.6 is 0 Å². The number of nitrogens with zero attached hydrogens (tertiary/aromatic N) is 2. The molecule has 0 bridgehead atoms. The highest BCUT2D eigenvalue weighted by Crippen LogP contribution is 2.04. The molecule has 0 fully saturated rings. The van der Waals surface area contributed by atoms with Crippen molar-refractivity contribution in [2.45, 2.75) is 6.92 Å². The van der Waals surface area contributed by atoms with Crippen LogP contribution in [0.1, 0.15) is 6.92 Å². The van der Waals surface area contributed by atoms with E-state index >= 15 is 0 Å². The number of anilines is 1. The number of nitrogens with one attached hydrogen (secondary N) is 1. The molecule has 2 amide bonds. The maximum atomic E-state index is 11.6. The Morgan fingerprint density at radius 2 is 2.47 bits per heavy atom. The van der Waals surface area contributed by atoms with E-state index in [1.807, 2.05) is 6.92 Å². The summed E-state index contributed by atoms with van der Waals surface area (Å²) in [5.41, 5.74) is 0.652. The van der Waals surface area contributed by atoms with Crippen LogP contribution in [0.2, 0.25) is 0 Å². The van der Waals surface area contributed by atoms with Gasteiger partial charge in [0, 0.05) is 19.3 Å². The van der Waals surface area contributed by atoms with Gasteiger partial charge in [-0.15, -0.1) is 0 Å². The Kier molecular flexibility index (Phi) is 4.56. The summed E-state index contributed by atoms with van der Waals surface area (Å²) in [5, 5.41) is 11.4. The molecule has 82 valence electrons. The zero-order valence-corrected chi connectivity index (χ0v) is 8.68. The summed E-state index contributed by atoms with van der Waals surface area (Å²) in [7, 11) is 0. The van der Waals surface area contributed by atoms with Crippen LogP contribution < -0.4 is 5.32 Å². The monoisotopic (exact) mass is 209 g/mol. The summed E-state index contributed by atoms with van der Waals surface area (Å²) in [6, 6.07) is 3.29. The molecule has 2 N–H and O–H groups in total. The van der Waals surface area contributed by atoms with Crippen LogP contribution in [0.4, 0.5) is 10.5 Å². The summed E-state index contributed by atoms with van der Waals surface area (Å²) in [6.07, 6.45) is 3.21. The first-order valence-electron chi connectivity index (χ1n) is 4.84. The van der Waals surface area contributed by atoms with Crippen LogP contribution in [0.3, 0.4) is 0 Å². The van der Waals surface area contributed by atoms with Gasteiger partial charge in [-0.1, -0.05) is 0 Å². The SMILES string of the molecule is CCN(CCO)C(=O)Nc1cccnc1. The molecule has 1 aromatic heterocycles. The van der Waals surface area contributed by atoms with E-state index in [1.165, 1.54) is 4.90 Å². The summed E-state index contributed by atoms with van der Waals surface area (Å²) >= 11 is 0. The largest absolute Gasteiger partial charge is 0.395 e. The predicted octanol–water partition coefficient (Wildman–Crippen LogP) is 0.928. The number of urea groups is 1. The molecular formula is C10H15N3O2. The number of pyridine rings is 1. The number of likely N-dealkylation sites (N-methyl/N-ethyl adjacent to an activating group) is 1. The number of carbonyl (C=O) groups excluding carboxylic acids is 1. The fourth-order valence-corrected chi connectivity index (χ4v) is 1.16. The number of amides is 2. The number of aromatic nitrogens is 1. The average molecular weight is 209 g/mol. The van der Waals surface area contributed by atoms with Crippen LogP contribution in [0.15, 0.2) is 24.5 Å². The average Bonchev–Trinajstić information content (AvgIpc) is 2.27. The molecule has 5 nitrogen and oxygen atoms in total. The van der Waals surface area contributed by atoms with Gasteiger partial charge in [0.2, 0.25) is 0 Å². The third-order valence-corrected chi connectivity index (χ3v) is 1.95. The number of hydrogen-bond acceptors (Lipinski definition) is 3. The molecule has 15 heavy (non-hydrogen) atoms. The first kappa shape index (κ1) is 11.5. The Bertz CT molecular complexity index is 303. The second-order valence-corrected chi connectivity index (χ2v) is 2.98. The van der Waals surface area contributed by atoms with Crippen LogP contribution in [-0.2, 0) is 0 Å². The van der Waals surface area contributed by atoms with E-state index in [-0.39, 0.29) is 12.6 Å². The van der Waals surface area contributed by atoms with Gasteiger partial charge in [-0.25, -0.2) is 4.79 Å².